The van der Waals surface area contributed by atoms with Gasteiger partial charge < -0.3 is 5.32 Å². The summed E-state index contributed by atoms with van der Waals surface area (Å²) in [5, 5.41) is 3.04. The predicted molar refractivity (Wildman–Crippen MR) is 84.3 cm³/mol. The van der Waals surface area contributed by atoms with Crippen molar-refractivity contribution in [1.29, 1.82) is 0 Å². The van der Waals surface area contributed by atoms with Crippen molar-refractivity contribution in [2.75, 3.05) is 5.32 Å². The van der Waals surface area contributed by atoms with Gasteiger partial charge in [0, 0.05) is 11.3 Å². The van der Waals surface area contributed by atoms with Crippen LogP contribution in [0, 0.1) is 6.92 Å². The van der Waals surface area contributed by atoms with Crippen LogP contribution in [0.3, 0.4) is 0 Å². The Morgan fingerprint density at radius 1 is 0.950 bits per heavy atom. The smallest absolute Gasteiger partial charge is 0.255 e. The van der Waals surface area contributed by atoms with Gasteiger partial charge in [-0.2, -0.15) is 0 Å². The van der Waals surface area contributed by atoms with Gasteiger partial charge in [-0.05, 0) is 35.6 Å². The molecular weight excluding hydrogens is 246 g/mol. The molecule has 2 nitrogen and oxygen atoms in total. The molecule has 2 aromatic rings. The van der Waals surface area contributed by atoms with Crippen LogP contribution in [-0.2, 0) is 5.41 Å². The van der Waals surface area contributed by atoms with Crippen LogP contribution in [0.25, 0.3) is 0 Å². The van der Waals surface area contributed by atoms with Crippen LogP contribution in [0.4, 0.5) is 5.69 Å². The van der Waals surface area contributed by atoms with Crippen LogP contribution in [-0.4, -0.2) is 5.91 Å². The molecule has 2 rings (SSSR count). The molecule has 104 valence electrons. The number of carbonyl (C=O) groups excluding carboxylic acids is 1. The predicted octanol–water partition coefficient (Wildman–Crippen LogP) is 4.54. The van der Waals surface area contributed by atoms with E-state index in [9.17, 15) is 4.79 Å². The first-order chi connectivity index (χ1) is 9.39. The summed E-state index contributed by atoms with van der Waals surface area (Å²) in [5.74, 6) is -0.0557. The standard InChI is InChI=1S/C18H21NO/c1-13-9-5-6-10-14(13)17(20)19-16-12-8-7-11-15(16)18(2,3)4/h5-12H,1-4H3,(H,19,20). The lowest BCUT2D eigenvalue weighted by atomic mass is 9.86. The fourth-order valence-corrected chi connectivity index (χ4v) is 2.26. The first kappa shape index (κ1) is 14.3. The highest BCUT2D eigenvalue weighted by Crippen LogP contribution is 2.29. The molecule has 0 aliphatic rings. The van der Waals surface area contributed by atoms with Crippen LogP contribution in [0.2, 0.25) is 0 Å². The van der Waals surface area contributed by atoms with Crippen molar-refractivity contribution in [2.45, 2.75) is 33.1 Å². The lowest BCUT2D eigenvalue weighted by molar-refractivity contribution is 0.102. The van der Waals surface area contributed by atoms with E-state index >= 15 is 0 Å². The van der Waals surface area contributed by atoms with Gasteiger partial charge in [-0.1, -0.05) is 57.2 Å². The van der Waals surface area contributed by atoms with Gasteiger partial charge in [-0.15, -0.1) is 0 Å². The Balaban J connectivity index is 2.32. The zero-order valence-electron chi connectivity index (χ0n) is 12.5. The third-order valence-corrected chi connectivity index (χ3v) is 3.37. The van der Waals surface area contributed by atoms with Crippen LogP contribution < -0.4 is 5.32 Å². The number of para-hydroxylation sites is 1. The van der Waals surface area contributed by atoms with E-state index in [1.54, 1.807) is 0 Å². The summed E-state index contributed by atoms with van der Waals surface area (Å²) < 4.78 is 0. The number of rotatable bonds is 2. The Morgan fingerprint density at radius 3 is 2.20 bits per heavy atom. The van der Waals surface area contributed by atoms with Crippen molar-refractivity contribution in [3.8, 4) is 0 Å². The molecule has 20 heavy (non-hydrogen) atoms. The van der Waals surface area contributed by atoms with E-state index in [-0.39, 0.29) is 11.3 Å². The monoisotopic (exact) mass is 267 g/mol. The first-order valence-electron chi connectivity index (χ1n) is 6.86. The molecular formula is C18H21NO. The lowest BCUT2D eigenvalue weighted by Gasteiger charge is -2.23. The summed E-state index contributed by atoms with van der Waals surface area (Å²) in [4.78, 5) is 12.4. The molecule has 0 unspecified atom stereocenters. The summed E-state index contributed by atoms with van der Waals surface area (Å²) in [6.07, 6.45) is 0. The molecule has 0 spiro atoms. The largest absolute Gasteiger partial charge is 0.322 e. The van der Waals surface area contributed by atoms with Crippen molar-refractivity contribution in [1.82, 2.24) is 0 Å². The summed E-state index contributed by atoms with van der Waals surface area (Å²) in [7, 11) is 0. The molecule has 0 aliphatic carbocycles. The molecule has 0 atom stereocenters. The highest BCUT2D eigenvalue weighted by atomic mass is 16.1. The molecule has 0 saturated heterocycles. The molecule has 0 heterocycles. The second kappa shape index (κ2) is 5.49. The topological polar surface area (TPSA) is 29.1 Å². The third-order valence-electron chi connectivity index (χ3n) is 3.37. The second-order valence-corrected chi connectivity index (χ2v) is 6.06. The minimum atomic E-state index is -0.0557. The maximum absolute atomic E-state index is 12.4. The number of hydrogen-bond acceptors (Lipinski definition) is 1. The van der Waals surface area contributed by atoms with Gasteiger partial charge in [0.25, 0.3) is 5.91 Å². The van der Waals surface area contributed by atoms with Crippen molar-refractivity contribution in [2.24, 2.45) is 0 Å². The molecule has 0 fully saturated rings. The molecule has 1 amide bonds. The number of hydrogen-bond donors (Lipinski definition) is 1. The van der Waals surface area contributed by atoms with E-state index in [0.29, 0.717) is 0 Å². The normalized spacial score (nSPS) is 11.2. The van der Waals surface area contributed by atoms with Crippen molar-refractivity contribution >= 4 is 11.6 Å². The molecule has 0 aromatic heterocycles. The Labute approximate surface area is 120 Å². The minimum Gasteiger partial charge on any atom is -0.322 e. The quantitative estimate of drug-likeness (QED) is 0.850. The van der Waals surface area contributed by atoms with E-state index < -0.39 is 0 Å². The van der Waals surface area contributed by atoms with Crippen LogP contribution in [0.5, 0.6) is 0 Å². The molecule has 0 aliphatic heterocycles. The molecule has 0 bridgehead atoms. The van der Waals surface area contributed by atoms with Crippen molar-refractivity contribution in [3.05, 3.63) is 65.2 Å². The van der Waals surface area contributed by atoms with Gasteiger partial charge in [-0.3, -0.25) is 4.79 Å². The zero-order valence-corrected chi connectivity index (χ0v) is 12.5. The van der Waals surface area contributed by atoms with Gasteiger partial charge in [0.2, 0.25) is 0 Å². The van der Waals surface area contributed by atoms with Crippen LogP contribution in [0.1, 0.15) is 42.3 Å². The molecule has 0 radical (unpaired) electrons. The Morgan fingerprint density at radius 2 is 1.55 bits per heavy atom. The number of amides is 1. The number of nitrogens with one attached hydrogen (secondary N) is 1. The lowest BCUT2D eigenvalue weighted by Crippen LogP contribution is -2.19. The maximum atomic E-state index is 12.4. The number of anilines is 1. The van der Waals surface area contributed by atoms with E-state index in [1.807, 2.05) is 49.4 Å². The molecule has 0 saturated carbocycles. The first-order valence-corrected chi connectivity index (χ1v) is 6.86. The minimum absolute atomic E-state index is 0.00436. The molecule has 2 aromatic carbocycles. The van der Waals surface area contributed by atoms with Crippen molar-refractivity contribution in [3.63, 3.8) is 0 Å². The summed E-state index contributed by atoms with van der Waals surface area (Å²) in [6.45, 7) is 8.38. The van der Waals surface area contributed by atoms with Gasteiger partial charge in [0.1, 0.15) is 0 Å². The average molecular weight is 267 g/mol. The van der Waals surface area contributed by atoms with Crippen LogP contribution in [0.15, 0.2) is 48.5 Å². The number of aryl methyl sites for hydroxylation is 1. The Hall–Kier alpha value is -2.09. The average Bonchev–Trinajstić information content (AvgIpc) is 2.38. The molecule has 2 heteroatoms. The Bertz CT molecular complexity index is 623. The van der Waals surface area contributed by atoms with Gasteiger partial charge >= 0.3 is 0 Å². The summed E-state index contributed by atoms with van der Waals surface area (Å²) in [6, 6.07) is 15.6. The van der Waals surface area contributed by atoms with E-state index in [4.69, 9.17) is 0 Å². The van der Waals surface area contributed by atoms with E-state index in [2.05, 4.69) is 32.2 Å². The molecule has 1 N–H and O–H groups in total. The Kier molecular flexibility index (Phi) is 3.93. The van der Waals surface area contributed by atoms with Gasteiger partial charge in [0.15, 0.2) is 0 Å². The van der Waals surface area contributed by atoms with Gasteiger partial charge in [0.05, 0.1) is 0 Å². The second-order valence-electron chi connectivity index (χ2n) is 6.06. The third kappa shape index (κ3) is 3.08. The van der Waals surface area contributed by atoms with Crippen LogP contribution >= 0.6 is 0 Å². The highest BCUT2D eigenvalue weighted by Gasteiger charge is 2.19. The van der Waals surface area contributed by atoms with Gasteiger partial charge in [-0.25, -0.2) is 0 Å². The summed E-state index contributed by atoms with van der Waals surface area (Å²) >= 11 is 0. The fourth-order valence-electron chi connectivity index (χ4n) is 2.26. The van der Waals surface area contributed by atoms with E-state index in [1.165, 1.54) is 0 Å². The zero-order chi connectivity index (χ0) is 14.8. The highest BCUT2D eigenvalue weighted by molar-refractivity contribution is 6.05. The van der Waals surface area contributed by atoms with Crippen molar-refractivity contribution < 1.29 is 4.79 Å². The van der Waals surface area contributed by atoms with E-state index in [0.717, 1.165) is 22.4 Å². The number of carbonyl (C=O) groups is 1. The maximum Gasteiger partial charge on any atom is 0.255 e. The SMILES string of the molecule is Cc1ccccc1C(=O)Nc1ccccc1C(C)(C)C. The summed E-state index contributed by atoms with van der Waals surface area (Å²) in [5.41, 5.74) is 3.72. The fraction of sp³-hybridized carbons (Fsp3) is 0.278. The number of benzene rings is 2.